The zero-order valence-corrected chi connectivity index (χ0v) is 16.9. The molecule has 0 unspecified atom stereocenters. The van der Waals surface area contributed by atoms with Crippen molar-refractivity contribution in [1.82, 2.24) is 4.90 Å². The lowest BCUT2D eigenvalue weighted by atomic mass is 9.94. The minimum atomic E-state index is -0.407. The molecule has 0 spiro atoms. The molecule has 1 aromatic carbocycles. The minimum Gasteiger partial charge on any atom is -0.459 e. The van der Waals surface area contributed by atoms with Gasteiger partial charge in [0.2, 0.25) is 5.76 Å². The topological polar surface area (TPSA) is 42.7 Å². The molecule has 1 aromatic heterocycles. The maximum Gasteiger partial charge on any atom is 0.374 e. The van der Waals surface area contributed by atoms with E-state index in [4.69, 9.17) is 9.15 Å². The number of carbonyl (C=O) groups is 1. The summed E-state index contributed by atoms with van der Waals surface area (Å²) in [6.45, 7) is 7.36. The molecule has 0 saturated heterocycles. The fourth-order valence-corrected chi connectivity index (χ4v) is 2.50. The van der Waals surface area contributed by atoms with Crippen molar-refractivity contribution in [1.29, 1.82) is 0 Å². The second kappa shape index (κ2) is 8.68. The van der Waals surface area contributed by atoms with E-state index >= 15 is 0 Å². The van der Waals surface area contributed by atoms with Crippen LogP contribution in [0.1, 0.15) is 30.0 Å². The zero-order valence-electron chi connectivity index (χ0n) is 14.8. The second-order valence-electron chi connectivity index (χ2n) is 6.63. The lowest BCUT2D eigenvalue weighted by molar-refractivity contribution is 0.0267. The van der Waals surface area contributed by atoms with Crippen molar-refractivity contribution in [3.8, 4) is 0 Å². The number of aryl methyl sites for hydroxylation is 1. The summed E-state index contributed by atoms with van der Waals surface area (Å²) in [5.74, 6) is -0.146. The molecule has 4 nitrogen and oxygen atoms in total. The highest BCUT2D eigenvalue weighted by atomic mass is 127. The van der Waals surface area contributed by atoms with Crippen LogP contribution >= 0.6 is 22.6 Å². The molecular weight excluding hydrogens is 405 g/mol. The summed E-state index contributed by atoms with van der Waals surface area (Å²) in [5.41, 5.74) is 1.75. The molecule has 0 atom stereocenters. The monoisotopic (exact) mass is 431 g/mol. The molecule has 2 rings (SSSR count). The number of rotatable bonds is 5. The molecule has 0 radical (unpaired) electrons. The summed E-state index contributed by atoms with van der Waals surface area (Å²) in [7, 11) is 4.01. The van der Waals surface area contributed by atoms with Crippen LogP contribution in [-0.4, -0.2) is 43.0 Å². The highest BCUT2D eigenvalue weighted by molar-refractivity contribution is 14.1. The van der Waals surface area contributed by atoms with Crippen molar-refractivity contribution < 1.29 is 13.9 Å². The Kier molecular flexibility index (Phi) is 7.54. The summed E-state index contributed by atoms with van der Waals surface area (Å²) >= 11 is 2.15. The lowest BCUT2D eigenvalue weighted by Gasteiger charge is -2.27. The number of nitrogens with zero attached hydrogens (tertiary/aromatic N) is 1. The predicted molar refractivity (Wildman–Crippen MR) is 104 cm³/mol. The van der Waals surface area contributed by atoms with Gasteiger partial charge in [0.25, 0.3) is 0 Å². The number of hydrogen-bond acceptors (Lipinski definition) is 4. The molecule has 1 heterocycles. The van der Waals surface area contributed by atoms with E-state index in [0.29, 0.717) is 12.2 Å². The van der Waals surface area contributed by atoms with E-state index in [2.05, 4.69) is 41.3 Å². The van der Waals surface area contributed by atoms with E-state index in [0.717, 1.165) is 17.5 Å². The van der Waals surface area contributed by atoms with Crippen molar-refractivity contribution >= 4 is 39.5 Å². The summed E-state index contributed by atoms with van der Waals surface area (Å²) in [5, 5.41) is 0.925. The van der Waals surface area contributed by atoms with Crippen LogP contribution in [0.5, 0.6) is 0 Å². The first kappa shape index (κ1) is 20.0. The van der Waals surface area contributed by atoms with Gasteiger partial charge in [0, 0.05) is 17.3 Å². The Balaban J connectivity index is 0.00000127. The van der Waals surface area contributed by atoms with Gasteiger partial charge in [-0.25, -0.2) is 4.79 Å². The number of carbonyl (C=O) groups excluding carboxylic acids is 1. The molecule has 0 aliphatic rings. The third-order valence-corrected chi connectivity index (χ3v) is 3.21. The van der Waals surface area contributed by atoms with Crippen LogP contribution in [0, 0.1) is 12.3 Å². The quantitative estimate of drug-likeness (QED) is 0.396. The molecule has 0 fully saturated rings. The number of ether oxygens (including phenoxy) is 1. The number of halogens is 1. The highest BCUT2D eigenvalue weighted by Gasteiger charge is 2.23. The van der Waals surface area contributed by atoms with Crippen LogP contribution in [0.15, 0.2) is 28.7 Å². The molecule has 128 valence electrons. The van der Waals surface area contributed by atoms with Crippen molar-refractivity contribution in [3.63, 3.8) is 0 Å². The Hall–Kier alpha value is -1.08. The first-order valence-corrected chi connectivity index (χ1v) is 9.62. The Labute approximate surface area is 152 Å². The number of alkyl halides is 1. The van der Waals surface area contributed by atoms with E-state index in [1.54, 1.807) is 6.07 Å². The van der Waals surface area contributed by atoms with Gasteiger partial charge in [-0.2, -0.15) is 0 Å². The van der Waals surface area contributed by atoms with Gasteiger partial charge in [0.15, 0.2) is 0 Å². The fraction of sp³-hybridized carbons (Fsp3) is 0.500. The third kappa shape index (κ3) is 6.14. The van der Waals surface area contributed by atoms with Gasteiger partial charge in [-0.1, -0.05) is 48.1 Å². The fourth-order valence-electron chi connectivity index (χ4n) is 2.50. The molecule has 0 amide bonds. The van der Waals surface area contributed by atoms with Gasteiger partial charge in [-0.15, -0.1) is 0 Å². The van der Waals surface area contributed by atoms with Crippen molar-refractivity contribution in [2.45, 2.75) is 20.8 Å². The molecule has 0 saturated carbocycles. The third-order valence-electron chi connectivity index (χ3n) is 3.21. The van der Waals surface area contributed by atoms with Gasteiger partial charge in [-0.05, 0) is 44.1 Å². The van der Waals surface area contributed by atoms with Crippen LogP contribution in [-0.2, 0) is 4.74 Å². The highest BCUT2D eigenvalue weighted by Crippen LogP contribution is 2.22. The molecular formula is C18H26INO3. The van der Waals surface area contributed by atoms with Gasteiger partial charge in [0.05, 0.1) is 6.61 Å². The predicted octanol–water partition coefficient (Wildman–Crippen LogP) is 4.54. The average Bonchev–Trinajstić information content (AvgIpc) is 2.88. The summed E-state index contributed by atoms with van der Waals surface area (Å²) in [6.07, 6.45) is 0. The van der Waals surface area contributed by atoms with Crippen molar-refractivity contribution in [2.24, 2.45) is 5.41 Å². The number of hydrogen-bond donors (Lipinski definition) is 0. The smallest absolute Gasteiger partial charge is 0.374 e. The Bertz CT molecular complexity index is 647. The largest absolute Gasteiger partial charge is 0.459 e. The van der Waals surface area contributed by atoms with Crippen LogP contribution in [0.3, 0.4) is 0 Å². The van der Waals surface area contributed by atoms with Gasteiger partial charge in [0.1, 0.15) is 5.58 Å². The summed E-state index contributed by atoms with van der Waals surface area (Å²) in [6, 6.07) is 7.56. The average molecular weight is 431 g/mol. The van der Waals surface area contributed by atoms with E-state index in [1.807, 2.05) is 44.1 Å². The molecule has 0 aliphatic heterocycles. The SMILES string of the molecule is CI.Cc1ccc2oc(C(=O)OCC(C)(C)CN(C)C)cc2c1. The van der Waals surface area contributed by atoms with E-state index in [1.165, 1.54) is 0 Å². The van der Waals surface area contributed by atoms with Gasteiger partial charge >= 0.3 is 5.97 Å². The standard InChI is InChI=1S/C17H23NO3.CH3I/c1-12-6-7-14-13(8-12)9-15(21-14)16(19)20-11-17(2,3)10-18(4)5;1-2/h6-9H,10-11H2,1-5H3;1H3. The number of benzene rings is 1. The van der Waals surface area contributed by atoms with Crippen molar-refractivity contribution in [2.75, 3.05) is 32.2 Å². The normalized spacial score (nSPS) is 11.3. The molecule has 2 aromatic rings. The van der Waals surface area contributed by atoms with Crippen LogP contribution in [0.25, 0.3) is 11.0 Å². The first-order chi connectivity index (χ1) is 10.8. The van der Waals surface area contributed by atoms with E-state index in [9.17, 15) is 4.79 Å². The molecule has 0 N–H and O–H groups in total. The number of esters is 1. The minimum absolute atomic E-state index is 0.0955. The molecule has 23 heavy (non-hydrogen) atoms. The van der Waals surface area contributed by atoms with Gasteiger partial charge in [-0.3, -0.25) is 0 Å². The Morgan fingerprint density at radius 1 is 1.26 bits per heavy atom. The maximum absolute atomic E-state index is 12.1. The van der Waals surface area contributed by atoms with Crippen LogP contribution in [0.4, 0.5) is 0 Å². The number of furan rings is 1. The number of fused-ring (bicyclic) bond motifs is 1. The van der Waals surface area contributed by atoms with Crippen LogP contribution < -0.4 is 0 Å². The van der Waals surface area contributed by atoms with E-state index < -0.39 is 5.97 Å². The Morgan fingerprint density at radius 2 is 1.91 bits per heavy atom. The van der Waals surface area contributed by atoms with Crippen molar-refractivity contribution in [3.05, 3.63) is 35.6 Å². The van der Waals surface area contributed by atoms with Crippen LogP contribution in [0.2, 0.25) is 0 Å². The molecule has 0 bridgehead atoms. The molecule has 5 heteroatoms. The molecule has 0 aliphatic carbocycles. The Morgan fingerprint density at radius 3 is 2.52 bits per heavy atom. The van der Waals surface area contributed by atoms with Gasteiger partial charge < -0.3 is 14.1 Å². The summed E-state index contributed by atoms with van der Waals surface area (Å²) in [4.78, 5) is 16.2. The second-order valence-corrected chi connectivity index (χ2v) is 6.63. The van der Waals surface area contributed by atoms with E-state index in [-0.39, 0.29) is 11.2 Å². The summed E-state index contributed by atoms with van der Waals surface area (Å²) < 4.78 is 10.9. The maximum atomic E-state index is 12.1. The lowest BCUT2D eigenvalue weighted by Crippen LogP contribution is -2.33. The zero-order chi connectivity index (χ0) is 17.6. The first-order valence-electron chi connectivity index (χ1n) is 7.47.